The second-order valence-electron chi connectivity index (χ2n) is 8.77. The maximum absolute atomic E-state index is 13.8. The van der Waals surface area contributed by atoms with Gasteiger partial charge in [-0.2, -0.15) is 0 Å². The fourth-order valence-electron chi connectivity index (χ4n) is 4.20. The van der Waals surface area contributed by atoms with E-state index in [1.807, 2.05) is 20.8 Å². The molecule has 0 N–H and O–H groups in total. The molecule has 4 rings (SSSR count). The monoisotopic (exact) mass is 504 g/mol. The standard InChI is InChI=1S/C29H28O8/c1-4-6-14-34-28(32)36-26-20-11-9-8-10-18(20)22-23(24(26)30)19-13-12-17(3)16-21(19)27(25(22)31)37-29(33)35-15-7-5-2/h8-13,16H,4-7,14-15H2,1-3H3. The average Bonchev–Trinajstić information content (AvgIpc) is 2.88. The number of carbonyl (C=O) groups excluding carboxylic acids is 4. The van der Waals surface area contributed by atoms with Crippen LogP contribution in [0.2, 0.25) is 0 Å². The van der Waals surface area contributed by atoms with Crippen LogP contribution >= 0.6 is 0 Å². The molecule has 0 radical (unpaired) electrons. The van der Waals surface area contributed by atoms with Crippen molar-refractivity contribution in [3.63, 3.8) is 0 Å². The van der Waals surface area contributed by atoms with Gasteiger partial charge in [-0.15, -0.1) is 0 Å². The van der Waals surface area contributed by atoms with Crippen molar-refractivity contribution >= 4 is 46.5 Å². The lowest BCUT2D eigenvalue weighted by atomic mass is 9.83. The molecule has 0 saturated heterocycles. The number of rotatable bonds is 8. The molecule has 0 heterocycles. The molecule has 2 aromatic rings. The van der Waals surface area contributed by atoms with E-state index in [-0.39, 0.29) is 46.3 Å². The Kier molecular flexibility index (Phi) is 7.86. The first kappa shape index (κ1) is 25.9. The zero-order valence-electron chi connectivity index (χ0n) is 21.1. The van der Waals surface area contributed by atoms with E-state index in [2.05, 4.69) is 0 Å². The van der Waals surface area contributed by atoms with E-state index >= 15 is 0 Å². The minimum absolute atomic E-state index is 0.0695. The summed E-state index contributed by atoms with van der Waals surface area (Å²) >= 11 is 0. The molecule has 0 fully saturated rings. The lowest BCUT2D eigenvalue weighted by Crippen LogP contribution is -2.48. The Morgan fingerprint density at radius 1 is 0.676 bits per heavy atom. The molecule has 0 saturated carbocycles. The lowest BCUT2D eigenvalue weighted by Gasteiger charge is -2.22. The number of aryl methyl sites for hydroxylation is 1. The normalized spacial score (nSPS) is 14.0. The van der Waals surface area contributed by atoms with Crippen LogP contribution in [0.1, 0.15) is 45.1 Å². The topological polar surface area (TPSA) is 105 Å². The van der Waals surface area contributed by atoms with Crippen LogP contribution in [0, 0.1) is 6.92 Å². The van der Waals surface area contributed by atoms with Crippen molar-refractivity contribution in [1.82, 2.24) is 0 Å². The van der Waals surface area contributed by atoms with Crippen LogP contribution in [0.3, 0.4) is 0 Å². The number of ketones is 2. The molecule has 0 aromatic heterocycles. The second-order valence-corrected chi connectivity index (χ2v) is 8.77. The molecule has 0 spiro atoms. The van der Waals surface area contributed by atoms with E-state index < -0.39 is 23.9 Å². The van der Waals surface area contributed by atoms with Crippen molar-refractivity contribution in [2.75, 3.05) is 13.2 Å². The summed E-state index contributed by atoms with van der Waals surface area (Å²) in [5, 5.41) is 1.32. The molecule has 0 atom stereocenters. The number of benzene rings is 2. The molecule has 2 aromatic carbocycles. The number of unbranched alkanes of at least 4 members (excludes halogenated alkanes) is 2. The molecule has 2 aliphatic rings. The molecule has 0 bridgehead atoms. The fourth-order valence-corrected chi connectivity index (χ4v) is 4.20. The number of fused-ring (bicyclic) bond motifs is 3. The van der Waals surface area contributed by atoms with Crippen LogP contribution in [-0.2, 0) is 28.5 Å². The first-order valence-corrected chi connectivity index (χ1v) is 12.3. The average molecular weight is 505 g/mol. The summed E-state index contributed by atoms with van der Waals surface area (Å²) in [6, 6.07) is 11.7. The largest absolute Gasteiger partial charge is 0.513 e. The summed E-state index contributed by atoms with van der Waals surface area (Å²) in [6.45, 7) is 6.06. The molecule has 0 unspecified atom stereocenters. The van der Waals surface area contributed by atoms with Crippen molar-refractivity contribution in [3.8, 4) is 0 Å². The van der Waals surface area contributed by atoms with Gasteiger partial charge in [0, 0.05) is 21.6 Å². The molecule has 8 heteroatoms. The van der Waals surface area contributed by atoms with E-state index in [1.54, 1.807) is 42.5 Å². The van der Waals surface area contributed by atoms with Crippen molar-refractivity contribution < 1.29 is 38.1 Å². The van der Waals surface area contributed by atoms with Crippen LogP contribution in [-0.4, -0.2) is 37.1 Å². The highest BCUT2D eigenvalue weighted by Gasteiger charge is 2.37. The van der Waals surface area contributed by atoms with Gasteiger partial charge in [-0.05, 0) is 36.3 Å². The van der Waals surface area contributed by atoms with Crippen molar-refractivity contribution in [2.45, 2.75) is 46.5 Å². The highest BCUT2D eigenvalue weighted by Crippen LogP contribution is 2.26. The summed E-state index contributed by atoms with van der Waals surface area (Å²) in [5.41, 5.74) is 0.932. The van der Waals surface area contributed by atoms with Crippen molar-refractivity contribution in [2.24, 2.45) is 0 Å². The molecule has 2 aliphatic carbocycles. The second kappa shape index (κ2) is 11.2. The van der Waals surface area contributed by atoms with Crippen LogP contribution in [0.5, 0.6) is 0 Å². The van der Waals surface area contributed by atoms with Gasteiger partial charge in [0.2, 0.25) is 11.6 Å². The zero-order chi connectivity index (χ0) is 26.5. The SMILES string of the molecule is CCCCOC(=O)OC1=c2ccccc2=C2C(=O)C(OC(=O)OCCCC)=c3cc(C)ccc3=C2C1=O. The number of Topliss-reactive ketones (excluding diaryl/α,β-unsaturated/α-hetero) is 2. The predicted molar refractivity (Wildman–Crippen MR) is 134 cm³/mol. The number of hydrogen-bond donors (Lipinski definition) is 0. The van der Waals surface area contributed by atoms with Gasteiger partial charge < -0.3 is 18.9 Å². The van der Waals surface area contributed by atoms with Gasteiger partial charge in [-0.3, -0.25) is 9.59 Å². The molecule has 37 heavy (non-hydrogen) atoms. The summed E-state index contributed by atoms with van der Waals surface area (Å²) in [4.78, 5) is 52.3. The molecular formula is C29H28O8. The number of ether oxygens (including phenoxy) is 4. The van der Waals surface area contributed by atoms with E-state index in [1.165, 1.54) is 0 Å². The fraction of sp³-hybridized carbons (Fsp3) is 0.310. The Morgan fingerprint density at radius 2 is 1.16 bits per heavy atom. The van der Waals surface area contributed by atoms with E-state index in [9.17, 15) is 19.2 Å². The van der Waals surface area contributed by atoms with Gasteiger partial charge >= 0.3 is 12.3 Å². The Bertz CT molecular complexity index is 1530. The summed E-state index contributed by atoms with van der Waals surface area (Å²) in [6.07, 6.45) is 0.983. The predicted octanol–water partition coefficient (Wildman–Crippen LogP) is 2.29. The minimum atomic E-state index is -0.993. The van der Waals surface area contributed by atoms with Gasteiger partial charge in [0.25, 0.3) is 0 Å². The summed E-state index contributed by atoms with van der Waals surface area (Å²) in [5.74, 6) is -1.71. The van der Waals surface area contributed by atoms with Gasteiger partial charge in [0.1, 0.15) is 0 Å². The summed E-state index contributed by atoms with van der Waals surface area (Å²) < 4.78 is 21.0. The van der Waals surface area contributed by atoms with Crippen LogP contribution in [0.4, 0.5) is 9.59 Å². The van der Waals surface area contributed by atoms with Crippen LogP contribution in [0.15, 0.2) is 42.5 Å². The molecule has 192 valence electrons. The van der Waals surface area contributed by atoms with Gasteiger partial charge in [0.15, 0.2) is 11.5 Å². The Balaban J connectivity index is 1.91. The van der Waals surface area contributed by atoms with E-state index in [0.717, 1.165) is 18.4 Å². The van der Waals surface area contributed by atoms with Gasteiger partial charge in [-0.25, -0.2) is 9.59 Å². The minimum Gasteiger partial charge on any atom is -0.434 e. The Hall–Kier alpha value is -4.20. The Morgan fingerprint density at radius 3 is 1.70 bits per heavy atom. The number of carbonyl (C=O) groups is 4. The third-order valence-corrected chi connectivity index (χ3v) is 6.05. The van der Waals surface area contributed by atoms with E-state index in [4.69, 9.17) is 18.9 Å². The van der Waals surface area contributed by atoms with Crippen LogP contribution < -0.4 is 20.9 Å². The molecular weight excluding hydrogens is 476 g/mol. The zero-order valence-corrected chi connectivity index (χ0v) is 21.1. The van der Waals surface area contributed by atoms with Crippen molar-refractivity contribution in [1.29, 1.82) is 0 Å². The number of hydrogen-bond acceptors (Lipinski definition) is 8. The maximum Gasteiger partial charge on any atom is 0.513 e. The highest BCUT2D eigenvalue weighted by atomic mass is 16.7. The van der Waals surface area contributed by atoms with E-state index in [0.29, 0.717) is 23.3 Å². The third-order valence-electron chi connectivity index (χ3n) is 6.05. The van der Waals surface area contributed by atoms with Gasteiger partial charge in [-0.1, -0.05) is 68.7 Å². The summed E-state index contributed by atoms with van der Waals surface area (Å²) in [7, 11) is 0. The third kappa shape index (κ3) is 5.18. The quantitative estimate of drug-likeness (QED) is 0.398. The lowest BCUT2D eigenvalue weighted by molar-refractivity contribution is -0.112. The first-order chi connectivity index (χ1) is 17.9. The van der Waals surface area contributed by atoms with Gasteiger partial charge in [0.05, 0.1) is 13.2 Å². The maximum atomic E-state index is 13.8. The smallest absolute Gasteiger partial charge is 0.434 e. The first-order valence-electron chi connectivity index (χ1n) is 12.3. The highest BCUT2D eigenvalue weighted by molar-refractivity contribution is 6.58. The molecule has 0 aliphatic heterocycles. The molecule has 0 amide bonds. The van der Waals surface area contributed by atoms with Crippen molar-refractivity contribution in [3.05, 3.63) is 68.9 Å². The Labute approximate surface area is 213 Å². The molecule has 8 nitrogen and oxygen atoms in total. The van der Waals surface area contributed by atoms with Crippen LogP contribution in [0.25, 0.3) is 22.7 Å².